The Bertz CT molecular complexity index is 695. The van der Waals surface area contributed by atoms with Crippen molar-refractivity contribution in [3.8, 4) is 5.75 Å². The Morgan fingerprint density at radius 2 is 1.93 bits per heavy atom. The third-order valence-electron chi connectivity index (χ3n) is 4.86. The van der Waals surface area contributed by atoms with Crippen molar-refractivity contribution in [1.82, 2.24) is 5.32 Å². The van der Waals surface area contributed by atoms with Gasteiger partial charge in [0.1, 0.15) is 11.9 Å². The molecule has 6 nitrogen and oxygen atoms in total. The predicted octanol–water partition coefficient (Wildman–Crippen LogP) is 4.44. The molecule has 0 bridgehead atoms. The van der Waals surface area contributed by atoms with Crippen molar-refractivity contribution < 1.29 is 36.8 Å². The van der Waals surface area contributed by atoms with Crippen LogP contribution < -0.4 is 10.1 Å². The maximum atomic E-state index is 13.5. The standard InChI is InChI=1S/C19H29F3NO5P/c1-2-3-4-5-6-7-14-8-9-16(11-18(14)19(20,21)22)28-17-10-15(23-12-17)13-27-29(24,25)26/h8-9,11,15,17,23H,2-7,10,12-13H2,1H3,(H2,24,25,26)/t15-,17+/m0/s1. The second-order valence-electron chi connectivity index (χ2n) is 7.35. The van der Waals surface area contributed by atoms with E-state index in [1.165, 1.54) is 6.07 Å². The Morgan fingerprint density at radius 3 is 2.59 bits per heavy atom. The van der Waals surface area contributed by atoms with E-state index in [2.05, 4.69) is 16.8 Å². The molecule has 1 saturated heterocycles. The first-order chi connectivity index (χ1) is 13.6. The van der Waals surface area contributed by atoms with E-state index in [-0.39, 0.29) is 24.0 Å². The molecule has 1 aromatic rings. The third-order valence-corrected chi connectivity index (χ3v) is 5.35. The van der Waals surface area contributed by atoms with Crippen molar-refractivity contribution in [1.29, 1.82) is 0 Å². The predicted molar refractivity (Wildman–Crippen MR) is 103 cm³/mol. The Labute approximate surface area is 169 Å². The van der Waals surface area contributed by atoms with Crippen molar-refractivity contribution >= 4 is 7.82 Å². The van der Waals surface area contributed by atoms with E-state index in [9.17, 15) is 17.7 Å². The zero-order chi connectivity index (χ0) is 21.5. The molecule has 0 spiro atoms. The van der Waals surface area contributed by atoms with Gasteiger partial charge in [0.05, 0.1) is 12.2 Å². The minimum Gasteiger partial charge on any atom is -0.489 e. The lowest BCUT2D eigenvalue weighted by molar-refractivity contribution is -0.138. The minimum atomic E-state index is -4.56. The van der Waals surface area contributed by atoms with Gasteiger partial charge in [-0.1, -0.05) is 38.7 Å². The van der Waals surface area contributed by atoms with Gasteiger partial charge < -0.3 is 19.8 Å². The highest BCUT2D eigenvalue weighted by atomic mass is 31.2. The van der Waals surface area contributed by atoms with Crippen molar-refractivity contribution in [2.75, 3.05) is 13.2 Å². The summed E-state index contributed by atoms with van der Waals surface area (Å²) in [6, 6.07) is 3.74. The van der Waals surface area contributed by atoms with E-state index < -0.39 is 25.7 Å². The van der Waals surface area contributed by atoms with Gasteiger partial charge in [-0.15, -0.1) is 0 Å². The first kappa shape index (κ1) is 24.2. The molecule has 0 unspecified atom stereocenters. The lowest BCUT2D eigenvalue weighted by Crippen LogP contribution is -2.26. The number of halogens is 3. The Morgan fingerprint density at radius 1 is 1.21 bits per heavy atom. The highest BCUT2D eigenvalue weighted by molar-refractivity contribution is 7.46. The molecule has 166 valence electrons. The van der Waals surface area contributed by atoms with Crippen LogP contribution >= 0.6 is 7.82 Å². The van der Waals surface area contributed by atoms with Gasteiger partial charge in [0.25, 0.3) is 0 Å². The highest BCUT2D eigenvalue weighted by Crippen LogP contribution is 2.37. The SMILES string of the molecule is CCCCCCCc1ccc(O[C@H]2CN[C@H](COP(=O)(O)O)C2)cc1C(F)(F)F. The fourth-order valence-corrected chi connectivity index (χ4v) is 3.78. The molecule has 2 rings (SSSR count). The summed E-state index contributed by atoms with van der Waals surface area (Å²) in [5.41, 5.74) is -0.392. The number of hydrogen-bond donors (Lipinski definition) is 3. The first-order valence-electron chi connectivity index (χ1n) is 9.88. The van der Waals surface area contributed by atoms with E-state index in [0.717, 1.165) is 38.2 Å². The van der Waals surface area contributed by atoms with Gasteiger partial charge in [-0.05, 0) is 30.5 Å². The van der Waals surface area contributed by atoms with Gasteiger partial charge in [-0.25, -0.2) is 4.57 Å². The fourth-order valence-electron chi connectivity index (χ4n) is 3.41. The van der Waals surface area contributed by atoms with Crippen molar-refractivity contribution in [2.45, 2.75) is 70.2 Å². The molecule has 1 aliphatic rings. The molecule has 0 radical (unpaired) electrons. The number of benzene rings is 1. The largest absolute Gasteiger partial charge is 0.489 e. The minimum absolute atomic E-state index is 0.135. The molecule has 0 aliphatic carbocycles. The summed E-state index contributed by atoms with van der Waals surface area (Å²) in [5.74, 6) is 0.135. The lowest BCUT2D eigenvalue weighted by Gasteiger charge is -2.18. The molecular formula is C19H29F3NO5P. The van der Waals surface area contributed by atoms with Crippen LogP contribution in [0, 0.1) is 0 Å². The Hall–Kier alpha value is -1.12. The van der Waals surface area contributed by atoms with Gasteiger partial charge in [0.15, 0.2) is 0 Å². The molecule has 0 saturated carbocycles. The Kier molecular flexibility index (Phi) is 8.97. The molecule has 1 aliphatic heterocycles. The number of ether oxygens (including phenoxy) is 1. The number of alkyl halides is 3. The summed E-state index contributed by atoms with van der Waals surface area (Å²) in [4.78, 5) is 17.5. The van der Waals surface area contributed by atoms with Crippen LogP contribution in [0.3, 0.4) is 0 Å². The summed E-state index contributed by atoms with van der Waals surface area (Å²) >= 11 is 0. The van der Waals surface area contributed by atoms with Crippen LogP contribution in [0.5, 0.6) is 5.75 Å². The molecule has 29 heavy (non-hydrogen) atoms. The number of aryl methyl sites for hydroxylation is 1. The lowest BCUT2D eigenvalue weighted by atomic mass is 10.00. The van der Waals surface area contributed by atoms with Crippen LogP contribution in [0.25, 0.3) is 0 Å². The number of phosphoric ester groups is 1. The number of nitrogens with one attached hydrogen (secondary N) is 1. The maximum absolute atomic E-state index is 13.5. The average molecular weight is 439 g/mol. The normalized spacial score (nSPS) is 20.2. The average Bonchev–Trinajstić information content (AvgIpc) is 3.07. The molecule has 10 heteroatoms. The van der Waals surface area contributed by atoms with E-state index in [0.29, 0.717) is 19.4 Å². The quantitative estimate of drug-likeness (QED) is 0.349. The van der Waals surface area contributed by atoms with Crippen molar-refractivity contribution in [3.05, 3.63) is 29.3 Å². The van der Waals surface area contributed by atoms with E-state index in [1.807, 2.05) is 0 Å². The van der Waals surface area contributed by atoms with Crippen LogP contribution in [0.4, 0.5) is 13.2 Å². The maximum Gasteiger partial charge on any atom is 0.469 e. The number of phosphoric acid groups is 1. The molecule has 2 atom stereocenters. The molecule has 3 N–H and O–H groups in total. The van der Waals surface area contributed by atoms with Crippen molar-refractivity contribution in [2.24, 2.45) is 0 Å². The zero-order valence-electron chi connectivity index (χ0n) is 16.5. The van der Waals surface area contributed by atoms with Crippen LogP contribution in [0.15, 0.2) is 18.2 Å². The highest BCUT2D eigenvalue weighted by Gasteiger charge is 2.34. The van der Waals surface area contributed by atoms with E-state index >= 15 is 0 Å². The van der Waals surface area contributed by atoms with Crippen molar-refractivity contribution in [3.63, 3.8) is 0 Å². The van der Waals surface area contributed by atoms with Gasteiger partial charge in [-0.2, -0.15) is 13.2 Å². The summed E-state index contributed by atoms with van der Waals surface area (Å²) in [7, 11) is -4.56. The summed E-state index contributed by atoms with van der Waals surface area (Å²) < 4.78 is 61.3. The summed E-state index contributed by atoms with van der Waals surface area (Å²) in [6.07, 6.45) is 0.739. The second-order valence-corrected chi connectivity index (χ2v) is 8.59. The molecular weight excluding hydrogens is 410 g/mol. The van der Waals surface area contributed by atoms with Crippen LogP contribution in [-0.4, -0.2) is 35.1 Å². The third kappa shape index (κ3) is 8.64. The molecule has 0 aromatic heterocycles. The monoisotopic (exact) mass is 439 g/mol. The molecule has 0 amide bonds. The van der Waals surface area contributed by atoms with Gasteiger partial charge >= 0.3 is 14.0 Å². The Balaban J connectivity index is 1.95. The van der Waals surface area contributed by atoms with Crippen LogP contribution in [-0.2, 0) is 21.7 Å². The van der Waals surface area contributed by atoms with E-state index in [4.69, 9.17) is 14.5 Å². The van der Waals surface area contributed by atoms with Gasteiger partial charge in [0, 0.05) is 19.0 Å². The number of hydrogen-bond acceptors (Lipinski definition) is 4. The second kappa shape index (κ2) is 10.8. The molecule has 1 fully saturated rings. The van der Waals surface area contributed by atoms with Crippen LogP contribution in [0.1, 0.15) is 56.6 Å². The molecule has 1 heterocycles. The number of rotatable bonds is 11. The smallest absolute Gasteiger partial charge is 0.469 e. The summed E-state index contributed by atoms with van der Waals surface area (Å²) in [6.45, 7) is 2.25. The molecule has 1 aromatic carbocycles. The van der Waals surface area contributed by atoms with Gasteiger partial charge in [-0.3, -0.25) is 4.52 Å². The topological polar surface area (TPSA) is 88.0 Å². The first-order valence-corrected chi connectivity index (χ1v) is 11.4. The van der Waals surface area contributed by atoms with E-state index in [1.54, 1.807) is 6.07 Å². The van der Waals surface area contributed by atoms with Gasteiger partial charge in [0.2, 0.25) is 0 Å². The fraction of sp³-hybridized carbons (Fsp3) is 0.684. The number of unbranched alkanes of at least 4 members (excludes halogenated alkanes) is 4. The zero-order valence-corrected chi connectivity index (χ0v) is 17.3. The van der Waals surface area contributed by atoms with Crippen LogP contribution in [0.2, 0.25) is 0 Å². The summed E-state index contributed by atoms with van der Waals surface area (Å²) in [5, 5.41) is 2.98.